The maximum absolute atomic E-state index is 13.4. The molecule has 10 nitrogen and oxygen atoms in total. The average molecular weight is 497 g/mol. The third-order valence-electron chi connectivity index (χ3n) is 5.33. The van der Waals surface area contributed by atoms with Gasteiger partial charge in [-0.1, -0.05) is 18.5 Å². The molecule has 0 spiro atoms. The molecule has 0 saturated heterocycles. The first-order chi connectivity index (χ1) is 16.7. The van der Waals surface area contributed by atoms with Crippen LogP contribution in [0.2, 0.25) is 5.02 Å². The Bertz CT molecular complexity index is 1550. The van der Waals surface area contributed by atoms with Crippen molar-refractivity contribution in [2.45, 2.75) is 46.3 Å². The molecule has 4 aromatic rings. The van der Waals surface area contributed by atoms with Crippen LogP contribution in [-0.2, 0) is 17.9 Å². The Hall–Kier alpha value is -3.92. The predicted octanol–water partition coefficient (Wildman–Crippen LogP) is 2.65. The van der Waals surface area contributed by atoms with E-state index >= 15 is 0 Å². The molecular weight excluding hydrogens is 472 g/mol. The van der Waals surface area contributed by atoms with Crippen molar-refractivity contribution in [2.24, 2.45) is 0 Å². The summed E-state index contributed by atoms with van der Waals surface area (Å²) in [7, 11) is 0. The monoisotopic (exact) mass is 496 g/mol. The van der Waals surface area contributed by atoms with Crippen molar-refractivity contribution in [1.82, 2.24) is 24.1 Å². The summed E-state index contributed by atoms with van der Waals surface area (Å²) in [5.41, 5.74) is 0.157. The molecule has 0 aliphatic carbocycles. The van der Waals surface area contributed by atoms with E-state index in [9.17, 15) is 19.2 Å². The van der Waals surface area contributed by atoms with Crippen LogP contribution in [0.3, 0.4) is 0 Å². The number of carbonyl (C=O) groups is 2. The lowest BCUT2D eigenvalue weighted by Crippen LogP contribution is -2.31. The molecule has 2 amide bonds. The Kier molecular flexibility index (Phi) is 6.74. The lowest BCUT2D eigenvalue weighted by atomic mass is 10.1. The summed E-state index contributed by atoms with van der Waals surface area (Å²) in [5.74, 6) is -0.686. The first-order valence-corrected chi connectivity index (χ1v) is 11.6. The summed E-state index contributed by atoms with van der Waals surface area (Å²) >= 11 is 5.88. The van der Waals surface area contributed by atoms with Gasteiger partial charge in [0.2, 0.25) is 11.7 Å². The molecule has 11 heteroatoms. The molecule has 2 heterocycles. The van der Waals surface area contributed by atoms with Crippen LogP contribution in [0.5, 0.6) is 0 Å². The minimum Gasteiger partial charge on any atom is -0.350 e. The van der Waals surface area contributed by atoms with Gasteiger partial charge in [0.05, 0.1) is 10.9 Å². The zero-order valence-electron chi connectivity index (χ0n) is 19.5. The van der Waals surface area contributed by atoms with Crippen LogP contribution >= 0.6 is 11.6 Å². The lowest BCUT2D eigenvalue weighted by molar-refractivity contribution is -0.117. The van der Waals surface area contributed by atoms with Gasteiger partial charge in [0.1, 0.15) is 6.54 Å². The second kappa shape index (κ2) is 9.75. The van der Waals surface area contributed by atoms with Crippen LogP contribution in [0, 0.1) is 0 Å². The van der Waals surface area contributed by atoms with Gasteiger partial charge in [0.25, 0.3) is 11.5 Å². The molecule has 0 unspecified atom stereocenters. The first kappa shape index (κ1) is 24.2. The van der Waals surface area contributed by atoms with Crippen LogP contribution in [0.25, 0.3) is 16.7 Å². The highest BCUT2D eigenvalue weighted by atomic mass is 35.5. The fourth-order valence-electron chi connectivity index (χ4n) is 3.80. The van der Waals surface area contributed by atoms with Gasteiger partial charge in [-0.15, -0.1) is 5.10 Å². The fourth-order valence-corrected chi connectivity index (χ4v) is 3.93. The molecule has 2 N–H and O–H groups in total. The third-order valence-corrected chi connectivity index (χ3v) is 5.58. The van der Waals surface area contributed by atoms with Crippen LogP contribution in [0.4, 0.5) is 5.69 Å². The number of anilines is 1. The van der Waals surface area contributed by atoms with Crippen LogP contribution < -0.4 is 21.9 Å². The molecule has 0 fully saturated rings. The van der Waals surface area contributed by atoms with E-state index in [-0.39, 0.29) is 40.7 Å². The standard InChI is InChI=1S/C24H25ClN6O4/c1-4-11-29-22(34)18-10-5-15(21(33)26-14(2)3)12-19(18)31-23(29)28-30(24(31)35)13-20(32)27-17-8-6-16(25)7-9-17/h5-10,12,14H,4,11,13H2,1-3H3,(H,26,33)(H,27,32). The van der Waals surface area contributed by atoms with Crippen molar-refractivity contribution in [1.29, 1.82) is 0 Å². The van der Waals surface area contributed by atoms with Crippen molar-refractivity contribution in [3.05, 3.63) is 73.9 Å². The highest BCUT2D eigenvalue weighted by Crippen LogP contribution is 2.16. The van der Waals surface area contributed by atoms with Crippen LogP contribution in [0.15, 0.2) is 52.1 Å². The highest BCUT2D eigenvalue weighted by Gasteiger charge is 2.20. The maximum Gasteiger partial charge on any atom is 0.352 e. The molecule has 0 radical (unpaired) electrons. The van der Waals surface area contributed by atoms with Crippen LogP contribution in [-0.4, -0.2) is 36.6 Å². The number of nitrogens with zero attached hydrogens (tertiary/aromatic N) is 4. The van der Waals surface area contributed by atoms with E-state index < -0.39 is 11.6 Å². The van der Waals surface area contributed by atoms with Crippen molar-refractivity contribution < 1.29 is 9.59 Å². The van der Waals surface area contributed by atoms with Gasteiger partial charge in [0, 0.05) is 28.9 Å². The SMILES string of the molecule is CCCn1c(=O)c2ccc(C(=O)NC(C)C)cc2n2c(=O)n(CC(=O)Nc3ccc(Cl)cc3)nc12. The van der Waals surface area contributed by atoms with Gasteiger partial charge in [-0.25, -0.2) is 13.9 Å². The van der Waals surface area contributed by atoms with Gasteiger partial charge in [-0.2, -0.15) is 0 Å². The minimum absolute atomic E-state index is 0.0830. The molecule has 0 bridgehead atoms. The highest BCUT2D eigenvalue weighted by molar-refractivity contribution is 6.30. The Morgan fingerprint density at radius 2 is 1.80 bits per heavy atom. The van der Waals surface area contributed by atoms with Crippen molar-refractivity contribution in [3.8, 4) is 0 Å². The Morgan fingerprint density at radius 3 is 2.46 bits per heavy atom. The minimum atomic E-state index is -0.595. The quantitative estimate of drug-likeness (QED) is 0.407. The Labute approximate surface area is 205 Å². The molecule has 35 heavy (non-hydrogen) atoms. The molecule has 2 aromatic carbocycles. The second-order valence-electron chi connectivity index (χ2n) is 8.45. The molecule has 0 atom stereocenters. The van der Waals surface area contributed by atoms with Crippen LogP contribution in [0.1, 0.15) is 37.6 Å². The number of rotatable bonds is 7. The zero-order valence-corrected chi connectivity index (χ0v) is 20.3. The number of halogens is 1. The average Bonchev–Trinajstić information content (AvgIpc) is 3.13. The van der Waals surface area contributed by atoms with E-state index in [2.05, 4.69) is 15.7 Å². The van der Waals surface area contributed by atoms with Gasteiger partial charge >= 0.3 is 5.69 Å². The first-order valence-electron chi connectivity index (χ1n) is 11.2. The van der Waals surface area contributed by atoms with E-state index in [0.29, 0.717) is 29.2 Å². The van der Waals surface area contributed by atoms with E-state index in [1.54, 1.807) is 30.3 Å². The summed E-state index contributed by atoms with van der Waals surface area (Å²) in [4.78, 5) is 51.7. The predicted molar refractivity (Wildman–Crippen MR) is 134 cm³/mol. The zero-order chi connectivity index (χ0) is 25.3. The van der Waals surface area contributed by atoms with E-state index in [1.807, 2.05) is 20.8 Å². The lowest BCUT2D eigenvalue weighted by Gasteiger charge is -2.11. The molecule has 0 aliphatic rings. The van der Waals surface area contributed by atoms with E-state index in [4.69, 9.17) is 11.6 Å². The normalized spacial score (nSPS) is 11.3. The number of hydrogen-bond donors (Lipinski definition) is 2. The number of aryl methyl sites for hydroxylation is 1. The summed E-state index contributed by atoms with van der Waals surface area (Å²) in [6.07, 6.45) is 0.633. The third kappa shape index (κ3) is 4.83. The number of carbonyl (C=O) groups excluding carboxylic acids is 2. The summed E-state index contributed by atoms with van der Waals surface area (Å²) in [6, 6.07) is 11.1. The smallest absolute Gasteiger partial charge is 0.350 e. The van der Waals surface area contributed by atoms with E-state index in [1.165, 1.54) is 21.1 Å². The summed E-state index contributed by atoms with van der Waals surface area (Å²) in [6.45, 7) is 5.55. The second-order valence-corrected chi connectivity index (χ2v) is 8.88. The number of hydrogen-bond acceptors (Lipinski definition) is 5. The number of benzene rings is 2. The Morgan fingerprint density at radius 1 is 1.09 bits per heavy atom. The maximum atomic E-state index is 13.4. The number of aromatic nitrogens is 4. The number of amides is 2. The van der Waals surface area contributed by atoms with Gasteiger partial charge in [0.15, 0.2) is 0 Å². The topological polar surface area (TPSA) is 120 Å². The van der Waals surface area contributed by atoms with Crippen molar-refractivity contribution in [3.63, 3.8) is 0 Å². The van der Waals surface area contributed by atoms with Crippen molar-refractivity contribution in [2.75, 3.05) is 5.32 Å². The fraction of sp³-hybridized carbons (Fsp3) is 0.292. The van der Waals surface area contributed by atoms with Gasteiger partial charge in [-0.05, 0) is 62.7 Å². The van der Waals surface area contributed by atoms with Gasteiger partial charge < -0.3 is 10.6 Å². The number of fused-ring (bicyclic) bond motifs is 3. The molecule has 182 valence electrons. The molecule has 2 aromatic heterocycles. The molecule has 0 aliphatic heterocycles. The molecule has 4 rings (SSSR count). The largest absolute Gasteiger partial charge is 0.352 e. The molecular formula is C24H25ClN6O4. The number of nitrogens with one attached hydrogen (secondary N) is 2. The van der Waals surface area contributed by atoms with E-state index in [0.717, 1.165) is 4.68 Å². The summed E-state index contributed by atoms with van der Waals surface area (Å²) < 4.78 is 3.69. The summed E-state index contributed by atoms with van der Waals surface area (Å²) in [5, 5.41) is 10.6. The van der Waals surface area contributed by atoms with Crippen molar-refractivity contribution >= 4 is 45.8 Å². The molecule has 0 saturated carbocycles. The Balaban J connectivity index is 1.83. The van der Waals surface area contributed by atoms with Gasteiger partial charge in [-0.3, -0.25) is 19.0 Å².